The summed E-state index contributed by atoms with van der Waals surface area (Å²) in [7, 11) is 0. The first kappa shape index (κ1) is 16.7. The Hall–Kier alpha value is -2.37. The van der Waals surface area contributed by atoms with Gasteiger partial charge in [-0.3, -0.25) is 14.4 Å². The average Bonchev–Trinajstić information content (AvgIpc) is 2.27. The number of carbonyl (C=O) groups is 3. The molecule has 0 bridgehead atoms. The Bertz CT molecular complexity index is 574. The standard InChI is InChI=1S/C15H21N3O3/c1-9(19)16-11-6-7-13(17-10(2)20)12(8-11)14(21)18-15(3,4)5/h6-8H,1-5H3,(H,16,19)(H,17,20)(H,18,21). The molecule has 0 radical (unpaired) electrons. The van der Waals surface area contributed by atoms with Gasteiger partial charge in [-0.05, 0) is 39.0 Å². The summed E-state index contributed by atoms with van der Waals surface area (Å²) in [4.78, 5) is 34.7. The van der Waals surface area contributed by atoms with Crippen molar-refractivity contribution in [3.05, 3.63) is 23.8 Å². The van der Waals surface area contributed by atoms with Crippen molar-refractivity contribution in [2.45, 2.75) is 40.2 Å². The first-order chi connectivity index (χ1) is 9.58. The van der Waals surface area contributed by atoms with E-state index in [1.54, 1.807) is 12.1 Å². The van der Waals surface area contributed by atoms with Crippen molar-refractivity contribution >= 4 is 29.1 Å². The number of carbonyl (C=O) groups excluding carboxylic acids is 3. The molecular weight excluding hydrogens is 270 g/mol. The lowest BCUT2D eigenvalue weighted by atomic mass is 10.1. The third-order valence-corrected chi connectivity index (χ3v) is 2.38. The van der Waals surface area contributed by atoms with Crippen LogP contribution in [-0.2, 0) is 9.59 Å². The number of hydrogen-bond acceptors (Lipinski definition) is 3. The van der Waals surface area contributed by atoms with E-state index in [1.165, 1.54) is 19.9 Å². The number of benzene rings is 1. The Morgan fingerprint density at radius 3 is 2.00 bits per heavy atom. The van der Waals surface area contributed by atoms with Crippen molar-refractivity contribution in [3.8, 4) is 0 Å². The van der Waals surface area contributed by atoms with Crippen molar-refractivity contribution in [1.29, 1.82) is 0 Å². The molecule has 0 atom stereocenters. The zero-order chi connectivity index (χ0) is 16.2. The second-order valence-electron chi connectivity index (χ2n) is 5.83. The van der Waals surface area contributed by atoms with Crippen LogP contribution in [0.3, 0.4) is 0 Å². The summed E-state index contributed by atoms with van der Waals surface area (Å²) in [5.41, 5.74) is 0.787. The van der Waals surface area contributed by atoms with Gasteiger partial charge in [0.1, 0.15) is 0 Å². The van der Waals surface area contributed by atoms with Crippen LogP contribution in [0.2, 0.25) is 0 Å². The van der Waals surface area contributed by atoms with E-state index in [-0.39, 0.29) is 17.7 Å². The van der Waals surface area contributed by atoms with E-state index in [0.29, 0.717) is 16.9 Å². The second kappa shape index (κ2) is 6.39. The Morgan fingerprint density at radius 1 is 0.952 bits per heavy atom. The second-order valence-corrected chi connectivity index (χ2v) is 5.83. The smallest absolute Gasteiger partial charge is 0.253 e. The topological polar surface area (TPSA) is 87.3 Å². The fourth-order valence-electron chi connectivity index (χ4n) is 1.72. The first-order valence-corrected chi connectivity index (χ1v) is 6.60. The molecule has 0 aromatic heterocycles. The minimum absolute atomic E-state index is 0.232. The van der Waals surface area contributed by atoms with Crippen molar-refractivity contribution < 1.29 is 14.4 Å². The minimum atomic E-state index is -0.408. The lowest BCUT2D eigenvalue weighted by Gasteiger charge is -2.22. The van der Waals surface area contributed by atoms with Crippen molar-refractivity contribution in [2.75, 3.05) is 10.6 Å². The molecule has 3 amide bonds. The van der Waals surface area contributed by atoms with E-state index < -0.39 is 5.54 Å². The zero-order valence-corrected chi connectivity index (χ0v) is 13.0. The molecular formula is C15H21N3O3. The van der Waals surface area contributed by atoms with Gasteiger partial charge in [-0.15, -0.1) is 0 Å². The van der Waals surface area contributed by atoms with Gasteiger partial charge in [-0.1, -0.05) is 0 Å². The van der Waals surface area contributed by atoms with Crippen LogP contribution in [0.25, 0.3) is 0 Å². The van der Waals surface area contributed by atoms with Crippen LogP contribution in [-0.4, -0.2) is 23.3 Å². The molecule has 0 fully saturated rings. The van der Waals surface area contributed by atoms with Gasteiger partial charge in [-0.2, -0.15) is 0 Å². The third kappa shape index (κ3) is 5.64. The van der Waals surface area contributed by atoms with Gasteiger partial charge in [-0.25, -0.2) is 0 Å². The summed E-state index contributed by atoms with van der Waals surface area (Å²) in [5, 5.41) is 8.05. The maximum absolute atomic E-state index is 12.3. The molecule has 0 saturated heterocycles. The first-order valence-electron chi connectivity index (χ1n) is 6.60. The van der Waals surface area contributed by atoms with Crippen LogP contribution in [0.1, 0.15) is 45.0 Å². The predicted octanol–water partition coefficient (Wildman–Crippen LogP) is 2.13. The molecule has 1 aromatic carbocycles. The van der Waals surface area contributed by atoms with Crippen LogP contribution < -0.4 is 16.0 Å². The van der Waals surface area contributed by atoms with Gasteiger partial charge in [0.2, 0.25) is 11.8 Å². The van der Waals surface area contributed by atoms with E-state index in [4.69, 9.17) is 0 Å². The number of rotatable bonds is 3. The Kier molecular flexibility index (Phi) is 5.07. The lowest BCUT2D eigenvalue weighted by molar-refractivity contribution is -0.115. The summed E-state index contributed by atoms with van der Waals surface area (Å²) in [6.45, 7) is 8.34. The SMILES string of the molecule is CC(=O)Nc1ccc(NC(C)=O)c(C(=O)NC(C)(C)C)c1. The van der Waals surface area contributed by atoms with Crippen molar-refractivity contribution in [2.24, 2.45) is 0 Å². The lowest BCUT2D eigenvalue weighted by Crippen LogP contribution is -2.40. The predicted molar refractivity (Wildman–Crippen MR) is 82.3 cm³/mol. The molecule has 0 saturated carbocycles. The Morgan fingerprint density at radius 2 is 1.52 bits per heavy atom. The number of anilines is 2. The largest absolute Gasteiger partial charge is 0.347 e. The molecule has 114 valence electrons. The monoisotopic (exact) mass is 291 g/mol. The molecule has 0 unspecified atom stereocenters. The summed E-state index contributed by atoms with van der Waals surface area (Å²) in [6, 6.07) is 4.75. The number of nitrogens with one attached hydrogen (secondary N) is 3. The summed E-state index contributed by atoms with van der Waals surface area (Å²) >= 11 is 0. The van der Waals surface area contributed by atoms with Gasteiger partial charge in [0, 0.05) is 25.1 Å². The van der Waals surface area contributed by atoms with Gasteiger partial charge < -0.3 is 16.0 Å². The van der Waals surface area contributed by atoms with Crippen LogP contribution >= 0.6 is 0 Å². The van der Waals surface area contributed by atoms with Gasteiger partial charge in [0.05, 0.1) is 11.3 Å². The van der Waals surface area contributed by atoms with Crippen molar-refractivity contribution in [3.63, 3.8) is 0 Å². The van der Waals surface area contributed by atoms with Crippen LogP contribution in [0, 0.1) is 0 Å². The maximum atomic E-state index is 12.3. The van der Waals surface area contributed by atoms with E-state index in [1.807, 2.05) is 20.8 Å². The highest BCUT2D eigenvalue weighted by Crippen LogP contribution is 2.21. The summed E-state index contributed by atoms with van der Waals surface area (Å²) in [5.74, 6) is -0.824. The van der Waals surface area contributed by atoms with Crippen LogP contribution in [0.4, 0.5) is 11.4 Å². The highest BCUT2D eigenvalue weighted by Gasteiger charge is 2.19. The van der Waals surface area contributed by atoms with Crippen LogP contribution in [0.5, 0.6) is 0 Å². The molecule has 6 heteroatoms. The van der Waals surface area contributed by atoms with Crippen molar-refractivity contribution in [1.82, 2.24) is 5.32 Å². The molecule has 0 aliphatic rings. The molecule has 0 aliphatic heterocycles. The molecule has 1 rings (SSSR count). The fraction of sp³-hybridized carbons (Fsp3) is 0.400. The quantitative estimate of drug-likeness (QED) is 0.797. The average molecular weight is 291 g/mol. The summed E-state index contributed by atoms with van der Waals surface area (Å²) < 4.78 is 0. The Labute approximate surface area is 124 Å². The normalized spacial score (nSPS) is 10.7. The Balaban J connectivity index is 3.18. The van der Waals surface area contributed by atoms with E-state index >= 15 is 0 Å². The number of amides is 3. The van der Waals surface area contributed by atoms with Crippen LogP contribution in [0.15, 0.2) is 18.2 Å². The third-order valence-electron chi connectivity index (χ3n) is 2.38. The van der Waals surface area contributed by atoms with Gasteiger partial charge in [0.25, 0.3) is 5.91 Å². The molecule has 0 spiro atoms. The highest BCUT2D eigenvalue weighted by molar-refractivity contribution is 6.05. The molecule has 6 nitrogen and oxygen atoms in total. The highest BCUT2D eigenvalue weighted by atomic mass is 16.2. The number of hydrogen-bond donors (Lipinski definition) is 3. The van der Waals surface area contributed by atoms with Gasteiger partial charge >= 0.3 is 0 Å². The molecule has 21 heavy (non-hydrogen) atoms. The minimum Gasteiger partial charge on any atom is -0.347 e. The molecule has 0 aliphatic carbocycles. The molecule has 0 heterocycles. The van der Waals surface area contributed by atoms with E-state index in [9.17, 15) is 14.4 Å². The maximum Gasteiger partial charge on any atom is 0.253 e. The molecule has 1 aromatic rings. The summed E-state index contributed by atoms with van der Waals surface area (Å²) in [6.07, 6.45) is 0. The molecule has 3 N–H and O–H groups in total. The fourth-order valence-corrected chi connectivity index (χ4v) is 1.72. The van der Waals surface area contributed by atoms with E-state index in [2.05, 4.69) is 16.0 Å². The zero-order valence-electron chi connectivity index (χ0n) is 13.0. The van der Waals surface area contributed by atoms with E-state index in [0.717, 1.165) is 0 Å². The van der Waals surface area contributed by atoms with Gasteiger partial charge in [0.15, 0.2) is 0 Å².